The summed E-state index contributed by atoms with van der Waals surface area (Å²) in [4.78, 5) is 2.68. The molecule has 1 saturated carbocycles. The molecule has 0 aromatic heterocycles. The van der Waals surface area contributed by atoms with Crippen molar-refractivity contribution in [1.82, 2.24) is 0 Å². The van der Waals surface area contributed by atoms with E-state index in [1.54, 1.807) is 14.2 Å². The van der Waals surface area contributed by atoms with E-state index < -0.39 is 7.92 Å². The molecule has 0 bridgehead atoms. The monoisotopic (exact) mass is 471 g/mol. The van der Waals surface area contributed by atoms with Crippen LogP contribution in [-0.2, 0) is 0 Å². The Kier molecular flexibility index (Phi) is 6.66. The van der Waals surface area contributed by atoms with Crippen LogP contribution in [0.5, 0.6) is 11.5 Å². The van der Waals surface area contributed by atoms with Gasteiger partial charge in [-0.25, -0.2) is 0 Å². The lowest BCUT2D eigenvalue weighted by Gasteiger charge is -2.40. The van der Waals surface area contributed by atoms with E-state index in [-0.39, 0.29) is 5.28 Å². The highest BCUT2D eigenvalue weighted by Crippen LogP contribution is 2.69. The zero-order chi connectivity index (χ0) is 23.5. The zero-order valence-corrected chi connectivity index (χ0v) is 21.4. The second-order valence-electron chi connectivity index (χ2n) is 9.11. The lowest BCUT2D eigenvalue weighted by Crippen LogP contribution is -2.38. The Labute approximate surface area is 205 Å². The Morgan fingerprint density at radius 3 is 2.21 bits per heavy atom. The average Bonchev–Trinajstić information content (AvgIpc) is 3.47. The van der Waals surface area contributed by atoms with Gasteiger partial charge in [-0.3, -0.25) is 0 Å². The van der Waals surface area contributed by atoms with E-state index >= 15 is 0 Å². The molecule has 1 aliphatic heterocycles. The maximum atomic E-state index is 5.86. The number of unbranched alkanes of at least 4 members (excludes halogenated alkanes) is 1. The van der Waals surface area contributed by atoms with Gasteiger partial charge in [0.2, 0.25) is 0 Å². The maximum Gasteiger partial charge on any atom is 0.130 e. The molecule has 0 N–H and O–H groups in total. The summed E-state index contributed by atoms with van der Waals surface area (Å²) in [5, 5.41) is 1.58. The van der Waals surface area contributed by atoms with E-state index in [1.807, 2.05) is 18.2 Å². The summed E-state index contributed by atoms with van der Waals surface area (Å²) < 4.78 is 11.7. The second kappa shape index (κ2) is 9.84. The minimum Gasteiger partial charge on any atom is -0.496 e. The molecule has 4 heteroatoms. The number of para-hydroxylation sites is 1. The predicted octanol–water partition coefficient (Wildman–Crippen LogP) is 8.21. The van der Waals surface area contributed by atoms with Gasteiger partial charge in [0.25, 0.3) is 0 Å². The van der Waals surface area contributed by atoms with Crippen LogP contribution in [0.1, 0.15) is 45.4 Å². The zero-order valence-electron chi connectivity index (χ0n) is 20.5. The summed E-state index contributed by atoms with van der Waals surface area (Å²) >= 11 is 0. The number of hydrogen-bond donors (Lipinski definition) is 0. The summed E-state index contributed by atoms with van der Waals surface area (Å²) in [6, 6.07) is 23.9. The molecule has 1 heterocycles. The Hall–Kier alpha value is -2.77. The molecule has 1 spiro atoms. The SMILES string of the molecule is CCC/C=C\P1c2c(-c3c(OC)cccc3OC)cccc2N(c2ccccc2)C12CCCC2. The number of fused-ring (bicyclic) bond motifs is 1. The highest BCUT2D eigenvalue weighted by atomic mass is 31.1. The molecule has 3 aromatic rings. The summed E-state index contributed by atoms with van der Waals surface area (Å²) in [7, 11) is 2.93. The Morgan fingerprint density at radius 1 is 0.882 bits per heavy atom. The quantitative estimate of drug-likeness (QED) is 0.324. The second-order valence-corrected chi connectivity index (χ2v) is 11.4. The Morgan fingerprint density at radius 2 is 1.56 bits per heavy atom. The Bertz CT molecular complexity index is 1150. The number of nitrogens with zero attached hydrogens (tertiary/aromatic N) is 1. The lowest BCUT2D eigenvalue weighted by molar-refractivity contribution is 0.397. The number of anilines is 2. The molecule has 176 valence electrons. The minimum atomic E-state index is -0.566. The number of benzene rings is 3. The predicted molar refractivity (Wildman–Crippen MR) is 145 cm³/mol. The van der Waals surface area contributed by atoms with E-state index in [2.05, 4.69) is 72.2 Å². The van der Waals surface area contributed by atoms with Crippen molar-refractivity contribution in [1.29, 1.82) is 0 Å². The molecule has 0 saturated heterocycles. The lowest BCUT2D eigenvalue weighted by atomic mass is 10.0. The number of allylic oxidation sites excluding steroid dienone is 1. The van der Waals surface area contributed by atoms with E-state index in [9.17, 15) is 0 Å². The van der Waals surface area contributed by atoms with Crippen molar-refractivity contribution in [2.45, 2.75) is 50.7 Å². The number of hydrogen-bond acceptors (Lipinski definition) is 3. The van der Waals surface area contributed by atoms with Crippen LogP contribution in [0.15, 0.2) is 78.6 Å². The fraction of sp³-hybridized carbons (Fsp3) is 0.333. The first-order valence-corrected chi connectivity index (χ1v) is 13.8. The van der Waals surface area contributed by atoms with Crippen molar-refractivity contribution < 1.29 is 9.47 Å². The standard InChI is InChI=1S/C30H34NO2P/c1-4-5-11-22-34-29-24(28-26(32-2)18-13-19-27(28)33-3)16-12-17-25(29)31(23-14-7-6-8-15-23)30(34)20-9-10-21-30/h6-8,11-19,22H,4-5,9-10,20-21H2,1-3H3/b22-11-. The molecule has 34 heavy (non-hydrogen) atoms. The van der Waals surface area contributed by atoms with Crippen LogP contribution in [-0.4, -0.2) is 19.5 Å². The largest absolute Gasteiger partial charge is 0.496 e. The minimum absolute atomic E-state index is 0.120. The van der Waals surface area contributed by atoms with E-state index in [1.165, 1.54) is 54.3 Å². The van der Waals surface area contributed by atoms with Gasteiger partial charge in [0, 0.05) is 11.0 Å². The van der Waals surface area contributed by atoms with Crippen molar-refractivity contribution >= 4 is 24.6 Å². The van der Waals surface area contributed by atoms with Gasteiger partial charge < -0.3 is 14.4 Å². The molecule has 1 atom stereocenters. The molecule has 0 amide bonds. The molecular weight excluding hydrogens is 437 g/mol. The fourth-order valence-corrected chi connectivity index (χ4v) is 9.05. The Balaban J connectivity index is 1.80. The van der Waals surface area contributed by atoms with Gasteiger partial charge in [-0.05, 0) is 63.1 Å². The molecule has 0 radical (unpaired) electrons. The van der Waals surface area contributed by atoms with Gasteiger partial charge in [0.05, 0.1) is 30.8 Å². The van der Waals surface area contributed by atoms with Gasteiger partial charge in [0.15, 0.2) is 0 Å². The van der Waals surface area contributed by atoms with Crippen LogP contribution in [0.2, 0.25) is 0 Å². The number of rotatable bonds is 7. The van der Waals surface area contributed by atoms with Gasteiger partial charge in [-0.2, -0.15) is 0 Å². The molecule has 1 aliphatic carbocycles. The van der Waals surface area contributed by atoms with Crippen molar-refractivity contribution in [2.24, 2.45) is 0 Å². The van der Waals surface area contributed by atoms with Crippen LogP contribution < -0.4 is 19.7 Å². The van der Waals surface area contributed by atoms with Gasteiger partial charge in [0.1, 0.15) is 11.5 Å². The van der Waals surface area contributed by atoms with Crippen molar-refractivity contribution in [3.63, 3.8) is 0 Å². The van der Waals surface area contributed by atoms with Crippen LogP contribution in [0.4, 0.5) is 11.4 Å². The van der Waals surface area contributed by atoms with Crippen LogP contribution in [0.25, 0.3) is 11.1 Å². The summed E-state index contributed by atoms with van der Waals surface area (Å²) in [5.41, 5.74) is 4.93. The average molecular weight is 472 g/mol. The highest BCUT2D eigenvalue weighted by Gasteiger charge is 2.53. The van der Waals surface area contributed by atoms with Crippen LogP contribution in [0, 0.1) is 0 Å². The topological polar surface area (TPSA) is 21.7 Å². The number of methoxy groups -OCH3 is 2. The van der Waals surface area contributed by atoms with Gasteiger partial charge in [-0.1, -0.05) is 74.5 Å². The third-order valence-electron chi connectivity index (χ3n) is 7.19. The fourth-order valence-electron chi connectivity index (χ4n) is 5.75. The van der Waals surface area contributed by atoms with E-state index in [4.69, 9.17) is 9.47 Å². The maximum absolute atomic E-state index is 5.86. The van der Waals surface area contributed by atoms with Crippen LogP contribution in [0.3, 0.4) is 0 Å². The molecule has 1 fully saturated rings. The molecular formula is C30H34NO2P. The normalized spacial score (nSPS) is 18.6. The molecule has 3 nitrogen and oxygen atoms in total. The van der Waals surface area contributed by atoms with E-state index in [0.717, 1.165) is 23.5 Å². The molecule has 3 aromatic carbocycles. The molecule has 2 aliphatic rings. The summed E-state index contributed by atoms with van der Waals surface area (Å²) in [6.07, 6.45) is 9.73. The van der Waals surface area contributed by atoms with Crippen molar-refractivity contribution in [2.75, 3.05) is 19.1 Å². The summed E-state index contributed by atoms with van der Waals surface area (Å²) in [6.45, 7) is 2.26. The molecule has 1 unspecified atom stereocenters. The first-order valence-electron chi connectivity index (χ1n) is 12.4. The van der Waals surface area contributed by atoms with Gasteiger partial charge >= 0.3 is 0 Å². The van der Waals surface area contributed by atoms with Gasteiger partial charge in [-0.15, -0.1) is 0 Å². The van der Waals surface area contributed by atoms with Crippen molar-refractivity contribution in [3.8, 4) is 22.6 Å². The third kappa shape index (κ3) is 3.71. The summed E-state index contributed by atoms with van der Waals surface area (Å²) in [5.74, 6) is 4.29. The number of ether oxygens (including phenoxy) is 2. The van der Waals surface area contributed by atoms with E-state index in [0.29, 0.717) is 0 Å². The third-order valence-corrected chi connectivity index (χ3v) is 10.2. The first kappa shape index (κ1) is 23.0. The highest BCUT2D eigenvalue weighted by molar-refractivity contribution is 7.71. The first-order chi connectivity index (χ1) is 16.7. The van der Waals surface area contributed by atoms with Crippen molar-refractivity contribution in [3.05, 3.63) is 78.6 Å². The molecule has 5 rings (SSSR count). The van der Waals surface area contributed by atoms with Crippen LogP contribution >= 0.6 is 7.92 Å². The smallest absolute Gasteiger partial charge is 0.130 e.